The first kappa shape index (κ1) is 58.1. The topological polar surface area (TPSA) is 207 Å². The van der Waals surface area contributed by atoms with E-state index in [-0.39, 0.29) is 35.4 Å². The lowest BCUT2D eigenvalue weighted by atomic mass is 10.0. The molecular weight excluding hydrogens is 1040 g/mol. The van der Waals surface area contributed by atoms with Crippen molar-refractivity contribution in [3.63, 3.8) is 0 Å². The maximum atomic E-state index is 14.0. The summed E-state index contributed by atoms with van der Waals surface area (Å²) in [5.41, 5.74) is 4.22. The molecule has 4 aliphatic rings. The summed E-state index contributed by atoms with van der Waals surface area (Å²) < 4.78 is 56.8. The van der Waals surface area contributed by atoms with Crippen LogP contribution in [0, 0.1) is 19.7 Å². The summed E-state index contributed by atoms with van der Waals surface area (Å²) in [6.07, 6.45) is 8.44. The number of ether oxygens (including phenoxy) is 7. The van der Waals surface area contributed by atoms with Gasteiger partial charge in [0.05, 0.1) is 78.4 Å². The predicted molar refractivity (Wildman–Crippen MR) is 301 cm³/mol. The van der Waals surface area contributed by atoms with Gasteiger partial charge in [0, 0.05) is 101 Å². The molecular formula is C59H75FN10O11. The van der Waals surface area contributed by atoms with Crippen molar-refractivity contribution < 1.29 is 47.1 Å². The number of fused-ring (bicyclic) bond motifs is 4. The van der Waals surface area contributed by atoms with Crippen molar-refractivity contribution in [2.75, 3.05) is 72.8 Å². The number of piperidine rings is 2. The van der Waals surface area contributed by atoms with E-state index in [0.717, 1.165) is 79.7 Å². The van der Waals surface area contributed by atoms with Gasteiger partial charge in [-0.15, -0.1) is 0 Å². The molecule has 434 valence electrons. The molecule has 4 aliphatic heterocycles. The molecule has 2 saturated heterocycles. The fourth-order valence-electron chi connectivity index (χ4n) is 10.6. The first-order valence-electron chi connectivity index (χ1n) is 27.8. The monoisotopic (exact) mass is 1120 g/mol. The van der Waals surface area contributed by atoms with Gasteiger partial charge in [0.2, 0.25) is 0 Å². The molecule has 6 aromatic heterocycles. The number of likely N-dealkylation sites (tertiary alicyclic amines) is 2. The summed E-state index contributed by atoms with van der Waals surface area (Å²) in [5, 5.41) is 0. The zero-order valence-corrected chi connectivity index (χ0v) is 48.0. The number of hydrogen-bond acceptors (Lipinski definition) is 17. The lowest BCUT2D eigenvalue weighted by Gasteiger charge is -2.39. The summed E-state index contributed by atoms with van der Waals surface area (Å²) in [5.74, 6) is 2.64. The highest BCUT2D eigenvalue weighted by Gasteiger charge is 2.34. The Labute approximate surface area is 470 Å². The molecule has 0 bridgehead atoms. The highest BCUT2D eigenvalue weighted by molar-refractivity contribution is 5.79. The van der Waals surface area contributed by atoms with Crippen molar-refractivity contribution in [2.24, 2.45) is 0 Å². The molecule has 81 heavy (non-hydrogen) atoms. The number of amides is 2. The van der Waals surface area contributed by atoms with Gasteiger partial charge in [-0.2, -0.15) is 0 Å². The van der Waals surface area contributed by atoms with Crippen LogP contribution in [0.5, 0.6) is 28.7 Å². The van der Waals surface area contributed by atoms with Crippen LogP contribution in [0.3, 0.4) is 0 Å². The average Bonchev–Trinajstić information content (AvgIpc) is 3.45. The molecule has 2 amide bonds. The highest BCUT2D eigenvalue weighted by atomic mass is 19.1. The van der Waals surface area contributed by atoms with E-state index < -0.39 is 17.0 Å². The molecule has 10 heterocycles. The smallest absolute Gasteiger partial charge is 0.410 e. The summed E-state index contributed by atoms with van der Waals surface area (Å²) >= 11 is 0. The van der Waals surface area contributed by atoms with Crippen LogP contribution in [-0.2, 0) is 35.7 Å². The molecule has 0 N–H and O–H groups in total. The minimum Gasteiger partial charge on any atom is -0.495 e. The third-order valence-corrected chi connectivity index (χ3v) is 14.6. The SMILES string of the molecule is COc1cnc2c(C)cc(=O)n(CCN3CCC(N(Cc4cc5c(cn4)OCCO5)C(=O)OC(C)(C)C)CC3)c2c1.Cc1cc(=O)n(CCN2CCC(N(Cc3cc4c(cn3)OCCO4)C(=O)OC(C)(C)C)CC2)c2cc(F)cnc12. The Morgan fingerprint density at radius 2 is 0.975 bits per heavy atom. The van der Waals surface area contributed by atoms with Crippen LogP contribution in [0.25, 0.3) is 22.1 Å². The first-order valence-corrected chi connectivity index (χ1v) is 27.8. The van der Waals surface area contributed by atoms with Crippen molar-refractivity contribution >= 4 is 34.3 Å². The fraction of sp³-hybridized carbons (Fsp3) is 0.525. The second kappa shape index (κ2) is 25.0. The highest BCUT2D eigenvalue weighted by Crippen LogP contribution is 2.33. The molecule has 0 aliphatic carbocycles. The van der Waals surface area contributed by atoms with Gasteiger partial charge in [-0.3, -0.25) is 39.3 Å². The Balaban J connectivity index is 0.000000196. The number of halogens is 1. The van der Waals surface area contributed by atoms with Gasteiger partial charge in [0.15, 0.2) is 23.0 Å². The number of nitrogens with zero attached hydrogens (tertiary/aromatic N) is 10. The van der Waals surface area contributed by atoms with E-state index in [0.29, 0.717) is 111 Å². The van der Waals surface area contributed by atoms with Crippen molar-refractivity contribution in [3.8, 4) is 28.7 Å². The summed E-state index contributed by atoms with van der Waals surface area (Å²) in [6.45, 7) is 22.8. The van der Waals surface area contributed by atoms with Gasteiger partial charge in [0.25, 0.3) is 11.1 Å². The lowest BCUT2D eigenvalue weighted by Crippen LogP contribution is -2.49. The Bertz CT molecular complexity index is 3340. The molecule has 0 spiro atoms. The lowest BCUT2D eigenvalue weighted by molar-refractivity contribution is 0.00436. The van der Waals surface area contributed by atoms with Crippen LogP contribution in [0.2, 0.25) is 0 Å². The van der Waals surface area contributed by atoms with E-state index in [1.807, 2.05) is 66.7 Å². The number of carbonyl (C=O) groups excluding carboxylic acids is 2. The van der Waals surface area contributed by atoms with Crippen molar-refractivity contribution in [1.82, 2.24) is 48.7 Å². The number of aryl methyl sites for hydroxylation is 2. The van der Waals surface area contributed by atoms with E-state index in [1.165, 1.54) is 12.3 Å². The Morgan fingerprint density at radius 1 is 0.568 bits per heavy atom. The van der Waals surface area contributed by atoms with Gasteiger partial charge in [-0.05, 0) is 92.2 Å². The second-order valence-electron chi connectivity index (χ2n) is 22.9. The molecule has 0 saturated carbocycles. The van der Waals surface area contributed by atoms with Gasteiger partial charge >= 0.3 is 12.2 Å². The molecule has 2 fully saturated rings. The molecule has 22 heteroatoms. The number of rotatable bonds is 13. The van der Waals surface area contributed by atoms with E-state index >= 15 is 0 Å². The number of pyridine rings is 6. The second-order valence-corrected chi connectivity index (χ2v) is 22.9. The van der Waals surface area contributed by atoms with Crippen LogP contribution >= 0.6 is 0 Å². The third-order valence-electron chi connectivity index (χ3n) is 14.6. The Hall–Kier alpha value is -7.59. The maximum absolute atomic E-state index is 14.0. The molecule has 21 nitrogen and oxygen atoms in total. The molecule has 0 unspecified atom stereocenters. The maximum Gasteiger partial charge on any atom is 0.410 e. The summed E-state index contributed by atoms with van der Waals surface area (Å²) in [6, 6.07) is 10.0. The normalized spacial score (nSPS) is 16.1. The molecule has 0 radical (unpaired) electrons. The minimum absolute atomic E-state index is 0.00695. The van der Waals surface area contributed by atoms with E-state index in [9.17, 15) is 23.6 Å². The van der Waals surface area contributed by atoms with Gasteiger partial charge in [-0.1, -0.05) is 0 Å². The van der Waals surface area contributed by atoms with Gasteiger partial charge in [0.1, 0.15) is 49.2 Å². The van der Waals surface area contributed by atoms with Crippen molar-refractivity contribution in [3.05, 3.63) is 110 Å². The fourth-order valence-corrected chi connectivity index (χ4v) is 10.6. The molecule has 0 aromatic carbocycles. The largest absolute Gasteiger partial charge is 0.495 e. The van der Waals surface area contributed by atoms with Gasteiger partial charge < -0.3 is 52.1 Å². The number of aromatic nitrogens is 6. The van der Waals surface area contributed by atoms with Crippen LogP contribution in [-0.4, -0.2) is 157 Å². The predicted octanol–water partition coefficient (Wildman–Crippen LogP) is 7.69. The zero-order chi connectivity index (χ0) is 57.6. The van der Waals surface area contributed by atoms with E-state index in [4.69, 9.17) is 33.2 Å². The van der Waals surface area contributed by atoms with Gasteiger partial charge in [-0.25, -0.2) is 14.0 Å². The van der Waals surface area contributed by atoms with Crippen molar-refractivity contribution in [2.45, 2.75) is 131 Å². The number of methoxy groups -OCH3 is 1. The van der Waals surface area contributed by atoms with E-state index in [2.05, 4.69) is 29.7 Å². The quantitative estimate of drug-likeness (QED) is 0.109. The zero-order valence-electron chi connectivity index (χ0n) is 48.0. The first-order chi connectivity index (χ1) is 38.7. The number of carbonyl (C=O) groups is 2. The summed E-state index contributed by atoms with van der Waals surface area (Å²) in [7, 11) is 1.59. The minimum atomic E-state index is -0.630. The molecule has 10 rings (SSSR count). The van der Waals surface area contributed by atoms with Crippen LogP contribution in [0.4, 0.5) is 14.0 Å². The van der Waals surface area contributed by atoms with Crippen LogP contribution < -0.4 is 34.8 Å². The Morgan fingerprint density at radius 3 is 1.40 bits per heavy atom. The number of hydrogen-bond donors (Lipinski definition) is 0. The van der Waals surface area contributed by atoms with E-state index in [1.54, 1.807) is 63.7 Å². The van der Waals surface area contributed by atoms with Crippen LogP contribution in [0.15, 0.2) is 70.8 Å². The summed E-state index contributed by atoms with van der Waals surface area (Å²) in [4.78, 5) is 78.1. The standard InChI is InChI=1S/C30H39N5O6.C29H36FN5O5/c1-20-14-27(36)34(24-16-23(38-5)17-32-28(20)24)11-10-33-8-6-22(7-9-33)35(29(37)41-30(2,3)4)19-21-15-25-26(18-31-21)40-13-12-39-25;1-19-13-26(36)34(23-14-20(30)16-32-27(19)23)10-9-33-7-5-22(6-8-33)35(28(37)40-29(2,3)4)18-21-15-24-25(17-31-21)39-12-11-38-24/h14-18,22H,6-13,19H2,1-5H3;13-17,22H,5-12,18H2,1-4H3. The molecule has 0 atom stereocenters. The Kier molecular flexibility index (Phi) is 18.0. The third kappa shape index (κ3) is 14.7. The van der Waals surface area contributed by atoms with Crippen molar-refractivity contribution in [1.29, 1.82) is 0 Å². The average molecular weight is 1120 g/mol. The van der Waals surface area contributed by atoms with Crippen LogP contribution in [0.1, 0.15) is 89.7 Å². The molecule has 6 aromatic rings.